The lowest BCUT2D eigenvalue weighted by Gasteiger charge is -2.10. The maximum absolute atomic E-state index is 12.5. The van der Waals surface area contributed by atoms with Gasteiger partial charge in [-0.25, -0.2) is 0 Å². The number of hydrogen-bond donors (Lipinski definition) is 1. The first-order valence-electron chi connectivity index (χ1n) is 7.79. The van der Waals surface area contributed by atoms with Crippen LogP contribution < -0.4 is 10.7 Å². The molecule has 1 N–H and O–H groups in total. The van der Waals surface area contributed by atoms with Crippen LogP contribution in [0.25, 0.3) is 11.0 Å². The minimum absolute atomic E-state index is 0.0134. The zero-order valence-electron chi connectivity index (χ0n) is 14.2. The van der Waals surface area contributed by atoms with Gasteiger partial charge in [-0.15, -0.1) is 0 Å². The Morgan fingerprint density at radius 2 is 1.62 bits per heavy atom. The summed E-state index contributed by atoms with van der Waals surface area (Å²) in [5.41, 5.74) is 4.84. The van der Waals surface area contributed by atoms with Gasteiger partial charge in [0.25, 0.3) is 5.91 Å². The first-order valence-corrected chi connectivity index (χ1v) is 7.79. The predicted octanol–water partition coefficient (Wildman–Crippen LogP) is 4.28. The highest BCUT2D eigenvalue weighted by molar-refractivity contribution is 6.03. The van der Waals surface area contributed by atoms with E-state index in [1.54, 1.807) is 6.07 Å². The Hall–Kier alpha value is -2.88. The Balaban J connectivity index is 2.03. The van der Waals surface area contributed by atoms with Crippen LogP contribution in [0, 0.1) is 27.7 Å². The van der Waals surface area contributed by atoms with Gasteiger partial charge in [-0.2, -0.15) is 0 Å². The molecule has 0 saturated heterocycles. The van der Waals surface area contributed by atoms with Crippen molar-refractivity contribution in [1.82, 2.24) is 0 Å². The van der Waals surface area contributed by atoms with Crippen molar-refractivity contribution in [1.29, 1.82) is 0 Å². The van der Waals surface area contributed by atoms with E-state index in [1.165, 1.54) is 6.07 Å². The lowest BCUT2D eigenvalue weighted by atomic mass is 10.1. The Labute approximate surface area is 140 Å². The molecule has 3 rings (SSSR count). The van der Waals surface area contributed by atoms with Crippen LogP contribution >= 0.6 is 0 Å². The van der Waals surface area contributed by atoms with E-state index in [9.17, 15) is 9.59 Å². The average Bonchev–Trinajstić information content (AvgIpc) is 2.50. The van der Waals surface area contributed by atoms with Crippen LogP contribution in [0.5, 0.6) is 0 Å². The summed E-state index contributed by atoms with van der Waals surface area (Å²) in [6, 6.07) is 10.7. The van der Waals surface area contributed by atoms with Gasteiger partial charge < -0.3 is 9.73 Å². The second kappa shape index (κ2) is 5.96. The topological polar surface area (TPSA) is 59.3 Å². The number of hydrogen-bond acceptors (Lipinski definition) is 3. The molecule has 0 saturated carbocycles. The van der Waals surface area contributed by atoms with Gasteiger partial charge in [0, 0.05) is 11.8 Å². The second-order valence-corrected chi connectivity index (χ2v) is 6.21. The van der Waals surface area contributed by atoms with Crippen molar-refractivity contribution in [2.45, 2.75) is 27.7 Å². The number of amides is 1. The maximum atomic E-state index is 12.5. The fraction of sp³-hybridized carbons (Fsp3) is 0.200. The summed E-state index contributed by atoms with van der Waals surface area (Å²) in [4.78, 5) is 24.8. The first-order chi connectivity index (χ1) is 11.3. The molecule has 0 spiro atoms. The summed E-state index contributed by atoms with van der Waals surface area (Å²) in [6.45, 7) is 7.70. The number of fused-ring (bicyclic) bond motifs is 1. The fourth-order valence-electron chi connectivity index (χ4n) is 2.86. The Morgan fingerprint density at radius 3 is 2.33 bits per heavy atom. The number of anilines is 1. The first kappa shape index (κ1) is 16.0. The highest BCUT2D eigenvalue weighted by Crippen LogP contribution is 2.21. The number of rotatable bonds is 2. The zero-order valence-corrected chi connectivity index (χ0v) is 14.2. The van der Waals surface area contributed by atoms with Gasteiger partial charge >= 0.3 is 0 Å². The molecule has 0 bridgehead atoms. The minimum Gasteiger partial charge on any atom is -0.450 e. The fourth-order valence-corrected chi connectivity index (χ4v) is 2.86. The van der Waals surface area contributed by atoms with Gasteiger partial charge in [0.05, 0.1) is 5.39 Å². The van der Waals surface area contributed by atoms with Crippen LogP contribution in [0.3, 0.4) is 0 Å². The monoisotopic (exact) mass is 321 g/mol. The molecule has 0 atom stereocenters. The van der Waals surface area contributed by atoms with Gasteiger partial charge in [-0.1, -0.05) is 23.8 Å². The average molecular weight is 321 g/mol. The van der Waals surface area contributed by atoms with Crippen molar-refractivity contribution < 1.29 is 9.21 Å². The number of aryl methyl sites for hydroxylation is 4. The SMILES string of the molecule is Cc1ccc(NC(=O)c2cc(=O)c3cc(C)cc(C)c3o2)c(C)c1. The van der Waals surface area contributed by atoms with Gasteiger partial charge in [-0.05, 0) is 56.5 Å². The largest absolute Gasteiger partial charge is 0.450 e. The van der Waals surface area contributed by atoms with Crippen molar-refractivity contribution in [3.63, 3.8) is 0 Å². The number of nitrogens with one attached hydrogen (secondary N) is 1. The Morgan fingerprint density at radius 1 is 0.917 bits per heavy atom. The molecule has 122 valence electrons. The van der Waals surface area contributed by atoms with Crippen LogP contribution in [0.1, 0.15) is 32.8 Å². The van der Waals surface area contributed by atoms with Crippen molar-refractivity contribution in [2.24, 2.45) is 0 Å². The molecule has 2 aromatic carbocycles. The summed E-state index contributed by atoms with van der Waals surface area (Å²) in [5, 5.41) is 3.30. The molecular formula is C20H19NO3. The van der Waals surface area contributed by atoms with Crippen molar-refractivity contribution in [3.8, 4) is 0 Å². The normalized spacial score (nSPS) is 10.8. The van der Waals surface area contributed by atoms with E-state index < -0.39 is 5.91 Å². The van der Waals surface area contributed by atoms with Crippen molar-refractivity contribution in [3.05, 3.63) is 74.6 Å². The van der Waals surface area contributed by atoms with E-state index in [1.807, 2.05) is 52.0 Å². The van der Waals surface area contributed by atoms with Gasteiger partial charge in [0.15, 0.2) is 11.2 Å². The lowest BCUT2D eigenvalue weighted by Crippen LogP contribution is -2.16. The third-order valence-electron chi connectivity index (χ3n) is 4.01. The number of benzene rings is 2. The molecule has 0 aliphatic rings. The van der Waals surface area contributed by atoms with Gasteiger partial charge in [-0.3, -0.25) is 9.59 Å². The summed E-state index contributed by atoms with van der Waals surface area (Å²) in [5.74, 6) is -0.416. The molecule has 0 radical (unpaired) electrons. The molecule has 0 unspecified atom stereocenters. The summed E-state index contributed by atoms with van der Waals surface area (Å²) in [6.07, 6.45) is 0. The van der Waals surface area contributed by atoms with Gasteiger partial charge in [0.1, 0.15) is 5.58 Å². The molecule has 0 aliphatic carbocycles. The molecule has 1 heterocycles. The molecule has 24 heavy (non-hydrogen) atoms. The minimum atomic E-state index is -0.430. The van der Waals surface area contributed by atoms with Crippen molar-refractivity contribution >= 4 is 22.6 Å². The lowest BCUT2D eigenvalue weighted by molar-refractivity contribution is 0.0997. The van der Waals surface area contributed by atoms with E-state index in [0.717, 1.165) is 22.3 Å². The van der Waals surface area contributed by atoms with Crippen LogP contribution in [0.2, 0.25) is 0 Å². The third-order valence-corrected chi connectivity index (χ3v) is 4.01. The molecule has 1 amide bonds. The molecule has 0 fully saturated rings. The van der Waals surface area contributed by atoms with Crippen molar-refractivity contribution in [2.75, 3.05) is 5.32 Å². The highest BCUT2D eigenvalue weighted by atomic mass is 16.3. The van der Waals surface area contributed by atoms with E-state index in [4.69, 9.17) is 4.42 Å². The highest BCUT2D eigenvalue weighted by Gasteiger charge is 2.15. The Kier molecular flexibility index (Phi) is 3.97. The second-order valence-electron chi connectivity index (χ2n) is 6.21. The van der Waals surface area contributed by atoms with Crippen LogP contribution in [0.4, 0.5) is 5.69 Å². The predicted molar refractivity (Wildman–Crippen MR) is 95.8 cm³/mol. The van der Waals surface area contributed by atoms with Crippen LogP contribution in [0.15, 0.2) is 45.6 Å². The van der Waals surface area contributed by atoms with Gasteiger partial charge in [0.2, 0.25) is 0 Å². The smallest absolute Gasteiger partial charge is 0.291 e. The molecule has 4 nitrogen and oxygen atoms in total. The summed E-state index contributed by atoms with van der Waals surface area (Å²) < 4.78 is 5.71. The molecule has 3 aromatic rings. The molecular weight excluding hydrogens is 302 g/mol. The number of carbonyl (C=O) groups excluding carboxylic acids is 1. The summed E-state index contributed by atoms with van der Waals surface area (Å²) in [7, 11) is 0. The third kappa shape index (κ3) is 2.95. The Bertz CT molecular complexity index is 1020. The standard InChI is InChI=1S/C20H19NO3/c1-11-5-6-16(13(3)7-11)21-20(23)18-10-17(22)15-9-12(2)8-14(4)19(15)24-18/h5-10H,1-4H3,(H,21,23). The maximum Gasteiger partial charge on any atom is 0.291 e. The quantitative estimate of drug-likeness (QED) is 0.766. The van der Waals surface area contributed by atoms with E-state index in [2.05, 4.69) is 5.32 Å². The summed E-state index contributed by atoms with van der Waals surface area (Å²) >= 11 is 0. The van der Waals surface area contributed by atoms with Crippen LogP contribution in [-0.4, -0.2) is 5.91 Å². The number of carbonyl (C=O) groups is 1. The molecule has 1 aromatic heterocycles. The van der Waals surface area contributed by atoms with E-state index >= 15 is 0 Å². The van der Waals surface area contributed by atoms with E-state index in [-0.39, 0.29) is 11.2 Å². The molecule has 0 aliphatic heterocycles. The molecule has 4 heteroatoms. The van der Waals surface area contributed by atoms with Crippen LogP contribution in [-0.2, 0) is 0 Å². The van der Waals surface area contributed by atoms with E-state index in [0.29, 0.717) is 16.7 Å². The zero-order chi connectivity index (χ0) is 17.4.